The van der Waals surface area contributed by atoms with Gasteiger partial charge in [0, 0.05) is 6.42 Å². The van der Waals surface area contributed by atoms with Crippen molar-refractivity contribution in [3.05, 3.63) is 77.2 Å². The molecule has 1 radical (unpaired) electrons. The highest BCUT2D eigenvalue weighted by atomic mass is 14.0. The Morgan fingerprint density at radius 3 is 1.63 bits per heavy atom. The maximum absolute atomic E-state index is 2.30. The predicted octanol–water partition coefficient (Wildman–Crippen LogP) is 5.19. The third-order valence-corrected chi connectivity index (χ3v) is 3.31. The molecule has 0 N–H and O–H groups in total. The average molecular weight is 251 g/mol. The lowest BCUT2D eigenvalue weighted by atomic mass is 9.99. The van der Waals surface area contributed by atoms with Gasteiger partial charge in [-0.2, -0.15) is 0 Å². The minimum absolute atomic E-state index is 1.16. The summed E-state index contributed by atoms with van der Waals surface area (Å²) in [5.74, 6) is 0. The van der Waals surface area contributed by atoms with Gasteiger partial charge in [0.05, 0.1) is 0 Å². The zero-order valence-electron chi connectivity index (χ0n) is 12.0. The molecule has 0 fully saturated rings. The first-order valence-electron chi connectivity index (χ1n) is 7.34. The summed E-state index contributed by atoms with van der Waals surface area (Å²) in [6, 6.07) is 17.7. The van der Waals surface area contributed by atoms with Gasteiger partial charge in [0.15, 0.2) is 0 Å². The Balaban J connectivity index is 2.11. The standard InChI is InChI=1S/C19H23/c1-3-7-16-9-5-11-18(13-16)15-19-12-6-10-17(14-19)8-4-2/h5-6,9-15H,3-4,7-8H2,1-2H3. The molecule has 0 aliphatic carbocycles. The average Bonchev–Trinajstić information content (AvgIpc) is 2.40. The van der Waals surface area contributed by atoms with Crippen molar-refractivity contribution in [1.29, 1.82) is 0 Å². The molecule has 0 amide bonds. The molecular formula is C19H23. The van der Waals surface area contributed by atoms with Gasteiger partial charge in [-0.25, -0.2) is 0 Å². The second-order valence-corrected chi connectivity index (χ2v) is 5.13. The van der Waals surface area contributed by atoms with Crippen LogP contribution in [0.1, 0.15) is 48.9 Å². The lowest BCUT2D eigenvalue weighted by Crippen LogP contribution is -1.90. The highest BCUT2D eigenvalue weighted by molar-refractivity contribution is 5.40. The van der Waals surface area contributed by atoms with Gasteiger partial charge < -0.3 is 0 Å². The number of hydrogen-bond acceptors (Lipinski definition) is 0. The van der Waals surface area contributed by atoms with Crippen molar-refractivity contribution < 1.29 is 0 Å². The Morgan fingerprint density at radius 1 is 0.737 bits per heavy atom. The smallest absolute Gasteiger partial charge is 0.0199 e. The quantitative estimate of drug-likeness (QED) is 0.662. The van der Waals surface area contributed by atoms with Gasteiger partial charge in [-0.15, -0.1) is 0 Å². The SMILES string of the molecule is CCCc1cccc([CH]c2cccc(CCC)c2)c1. The fourth-order valence-electron chi connectivity index (χ4n) is 2.45. The van der Waals surface area contributed by atoms with Gasteiger partial charge in [0.25, 0.3) is 0 Å². The van der Waals surface area contributed by atoms with Crippen molar-refractivity contribution in [2.45, 2.75) is 39.5 Å². The van der Waals surface area contributed by atoms with Gasteiger partial charge in [-0.1, -0.05) is 75.2 Å². The van der Waals surface area contributed by atoms with Crippen LogP contribution in [-0.2, 0) is 12.8 Å². The van der Waals surface area contributed by atoms with Crippen LogP contribution in [0.3, 0.4) is 0 Å². The number of aryl methyl sites for hydroxylation is 2. The summed E-state index contributed by atoms with van der Waals surface area (Å²) < 4.78 is 0. The first kappa shape index (κ1) is 13.9. The molecular weight excluding hydrogens is 228 g/mol. The molecule has 0 spiro atoms. The van der Waals surface area contributed by atoms with E-state index in [0.717, 1.165) is 12.8 Å². The molecule has 19 heavy (non-hydrogen) atoms. The first-order valence-corrected chi connectivity index (χ1v) is 7.34. The molecule has 0 bridgehead atoms. The predicted molar refractivity (Wildman–Crippen MR) is 83.4 cm³/mol. The molecule has 0 heteroatoms. The van der Waals surface area contributed by atoms with E-state index in [4.69, 9.17) is 0 Å². The second kappa shape index (κ2) is 7.13. The third kappa shape index (κ3) is 4.24. The summed E-state index contributed by atoms with van der Waals surface area (Å²) in [7, 11) is 0. The van der Waals surface area contributed by atoms with Crippen molar-refractivity contribution in [2.24, 2.45) is 0 Å². The van der Waals surface area contributed by atoms with Crippen molar-refractivity contribution in [2.75, 3.05) is 0 Å². The van der Waals surface area contributed by atoms with Crippen LogP contribution in [0.25, 0.3) is 0 Å². The van der Waals surface area contributed by atoms with Gasteiger partial charge in [-0.05, 0) is 35.1 Å². The minimum Gasteiger partial charge on any atom is -0.0651 e. The second-order valence-electron chi connectivity index (χ2n) is 5.13. The van der Waals surface area contributed by atoms with Gasteiger partial charge in [-0.3, -0.25) is 0 Å². The molecule has 0 saturated heterocycles. The third-order valence-electron chi connectivity index (χ3n) is 3.31. The molecule has 0 aromatic heterocycles. The maximum Gasteiger partial charge on any atom is 0.0199 e. The van der Waals surface area contributed by atoms with Crippen LogP contribution in [0.5, 0.6) is 0 Å². The molecule has 2 aromatic rings. The maximum atomic E-state index is 2.30. The van der Waals surface area contributed by atoms with Gasteiger partial charge >= 0.3 is 0 Å². The van der Waals surface area contributed by atoms with Crippen LogP contribution in [0.2, 0.25) is 0 Å². The van der Waals surface area contributed by atoms with Crippen LogP contribution >= 0.6 is 0 Å². The Kier molecular flexibility index (Phi) is 5.20. The normalized spacial score (nSPS) is 10.6. The number of rotatable bonds is 6. The molecule has 0 atom stereocenters. The molecule has 0 heterocycles. The highest BCUT2D eigenvalue weighted by Gasteiger charge is 2.00. The molecule has 0 unspecified atom stereocenters. The van der Waals surface area contributed by atoms with E-state index in [-0.39, 0.29) is 0 Å². The molecule has 2 rings (SSSR count). The fourth-order valence-corrected chi connectivity index (χ4v) is 2.45. The lowest BCUT2D eigenvalue weighted by Gasteiger charge is -2.06. The fraction of sp³-hybridized carbons (Fsp3) is 0.316. The number of hydrogen-bond donors (Lipinski definition) is 0. The van der Waals surface area contributed by atoms with Crippen LogP contribution < -0.4 is 0 Å². The number of benzene rings is 2. The summed E-state index contributed by atoms with van der Waals surface area (Å²) in [6.45, 7) is 4.45. The lowest BCUT2D eigenvalue weighted by molar-refractivity contribution is 0.919. The molecule has 2 aromatic carbocycles. The summed E-state index contributed by atoms with van der Waals surface area (Å²) >= 11 is 0. The van der Waals surface area contributed by atoms with Crippen molar-refractivity contribution in [3.8, 4) is 0 Å². The topological polar surface area (TPSA) is 0 Å². The van der Waals surface area contributed by atoms with E-state index in [2.05, 4.69) is 68.8 Å². The summed E-state index contributed by atoms with van der Waals surface area (Å²) in [4.78, 5) is 0. The zero-order chi connectivity index (χ0) is 13.5. The van der Waals surface area contributed by atoms with Crippen LogP contribution in [0.15, 0.2) is 48.5 Å². The molecule has 0 aliphatic heterocycles. The van der Waals surface area contributed by atoms with Crippen molar-refractivity contribution in [3.63, 3.8) is 0 Å². The van der Waals surface area contributed by atoms with Crippen molar-refractivity contribution in [1.82, 2.24) is 0 Å². The summed E-state index contributed by atoms with van der Waals surface area (Å²) in [6.07, 6.45) is 7.01. The van der Waals surface area contributed by atoms with E-state index in [1.54, 1.807) is 0 Å². The Morgan fingerprint density at radius 2 is 1.21 bits per heavy atom. The molecule has 0 nitrogen and oxygen atoms in total. The minimum atomic E-state index is 1.16. The Labute approximate surface area is 117 Å². The van der Waals surface area contributed by atoms with E-state index in [1.165, 1.54) is 35.1 Å². The first-order chi connectivity index (χ1) is 9.31. The van der Waals surface area contributed by atoms with Crippen LogP contribution in [-0.4, -0.2) is 0 Å². The van der Waals surface area contributed by atoms with Crippen LogP contribution in [0.4, 0.5) is 0 Å². The molecule has 0 aliphatic rings. The van der Waals surface area contributed by atoms with E-state index in [1.807, 2.05) is 0 Å². The Bertz CT molecular complexity index is 463. The van der Waals surface area contributed by atoms with E-state index in [0.29, 0.717) is 0 Å². The largest absolute Gasteiger partial charge is 0.0651 e. The zero-order valence-corrected chi connectivity index (χ0v) is 12.0. The monoisotopic (exact) mass is 251 g/mol. The van der Waals surface area contributed by atoms with E-state index >= 15 is 0 Å². The summed E-state index contributed by atoms with van der Waals surface area (Å²) in [5.41, 5.74) is 5.47. The van der Waals surface area contributed by atoms with Crippen LogP contribution in [0, 0.1) is 6.42 Å². The molecule has 99 valence electrons. The summed E-state index contributed by atoms with van der Waals surface area (Å²) in [5, 5.41) is 0. The van der Waals surface area contributed by atoms with Crippen molar-refractivity contribution >= 4 is 0 Å². The van der Waals surface area contributed by atoms with Gasteiger partial charge in [0.2, 0.25) is 0 Å². The highest BCUT2D eigenvalue weighted by Crippen LogP contribution is 2.16. The van der Waals surface area contributed by atoms with E-state index in [9.17, 15) is 0 Å². The van der Waals surface area contributed by atoms with E-state index < -0.39 is 0 Å². The molecule has 0 saturated carbocycles. The Hall–Kier alpha value is -1.56. The van der Waals surface area contributed by atoms with Gasteiger partial charge in [0.1, 0.15) is 0 Å².